The van der Waals surface area contributed by atoms with Crippen LogP contribution >= 0.6 is 50.5 Å². The summed E-state index contributed by atoms with van der Waals surface area (Å²) in [5.41, 5.74) is 2.88. The van der Waals surface area contributed by atoms with Crippen LogP contribution in [0, 0.1) is 5.92 Å². The molecule has 0 saturated heterocycles. The third-order valence-electron chi connectivity index (χ3n) is 3.43. The Morgan fingerprint density at radius 1 is 1.22 bits per heavy atom. The first-order chi connectivity index (χ1) is 8.65. The number of halogens is 3. The first kappa shape index (κ1) is 13.0. The smallest absolute Gasteiger partial charge is 0.107 e. The molecule has 94 valence electrons. The van der Waals surface area contributed by atoms with Crippen molar-refractivity contribution in [1.29, 1.82) is 0 Å². The predicted octanol–water partition coefficient (Wildman–Crippen LogP) is 5.86. The molecular weight excluding hydrogens is 351 g/mol. The van der Waals surface area contributed by atoms with E-state index in [1.165, 1.54) is 11.1 Å². The maximum Gasteiger partial charge on any atom is 0.107 e. The highest BCUT2D eigenvalue weighted by Gasteiger charge is 2.29. The molecule has 18 heavy (non-hydrogen) atoms. The van der Waals surface area contributed by atoms with Gasteiger partial charge in [0.15, 0.2) is 0 Å². The van der Waals surface area contributed by atoms with E-state index in [4.69, 9.17) is 23.2 Å². The van der Waals surface area contributed by atoms with E-state index < -0.39 is 0 Å². The van der Waals surface area contributed by atoms with Crippen LogP contribution in [0.25, 0.3) is 0 Å². The van der Waals surface area contributed by atoms with E-state index in [0.29, 0.717) is 5.92 Å². The number of benzene rings is 1. The van der Waals surface area contributed by atoms with Crippen LogP contribution in [0.4, 0.5) is 0 Å². The Morgan fingerprint density at radius 3 is 2.33 bits per heavy atom. The fraction of sp³-hybridized carbons (Fsp3) is 0.286. The van der Waals surface area contributed by atoms with Gasteiger partial charge in [-0.25, -0.2) is 0 Å². The van der Waals surface area contributed by atoms with E-state index in [1.54, 1.807) is 11.3 Å². The molecule has 2 aromatic rings. The molecule has 0 radical (unpaired) electrons. The van der Waals surface area contributed by atoms with Gasteiger partial charge in [-0.05, 0) is 51.9 Å². The van der Waals surface area contributed by atoms with Crippen LogP contribution in [0.15, 0.2) is 34.8 Å². The molecule has 1 heterocycles. The van der Waals surface area contributed by atoms with Gasteiger partial charge in [-0.2, -0.15) is 0 Å². The largest absolute Gasteiger partial charge is 0.126 e. The normalized spacial score (nSPS) is 16.8. The van der Waals surface area contributed by atoms with E-state index in [9.17, 15) is 0 Å². The van der Waals surface area contributed by atoms with E-state index in [1.807, 2.05) is 6.07 Å². The van der Waals surface area contributed by atoms with Crippen LogP contribution in [-0.4, -0.2) is 0 Å². The van der Waals surface area contributed by atoms with Gasteiger partial charge in [0.05, 0.1) is 5.38 Å². The van der Waals surface area contributed by atoms with E-state index >= 15 is 0 Å². The first-order valence-electron chi connectivity index (χ1n) is 5.80. The second-order valence-corrected chi connectivity index (χ2v) is 7.62. The van der Waals surface area contributed by atoms with E-state index in [-0.39, 0.29) is 5.38 Å². The summed E-state index contributed by atoms with van der Waals surface area (Å²) in [7, 11) is 0. The number of alkyl halides is 1. The van der Waals surface area contributed by atoms with Crippen molar-refractivity contribution >= 4 is 50.5 Å². The van der Waals surface area contributed by atoms with Gasteiger partial charge in [0.2, 0.25) is 0 Å². The second kappa shape index (κ2) is 5.16. The highest BCUT2D eigenvalue weighted by atomic mass is 79.9. The average Bonchev–Trinajstić information content (AvgIpc) is 2.93. The lowest BCUT2D eigenvalue weighted by atomic mass is 10.0. The lowest BCUT2D eigenvalue weighted by Crippen LogP contribution is -2.06. The molecule has 0 fully saturated rings. The molecule has 1 aromatic carbocycles. The number of hydrogen-bond acceptors (Lipinski definition) is 1. The third-order valence-corrected chi connectivity index (χ3v) is 6.71. The molecule has 1 unspecified atom stereocenters. The van der Waals surface area contributed by atoms with Gasteiger partial charge in [0, 0.05) is 9.35 Å². The Kier molecular flexibility index (Phi) is 3.72. The Balaban J connectivity index is 1.82. The highest BCUT2D eigenvalue weighted by molar-refractivity contribution is 9.10. The van der Waals surface area contributed by atoms with Crippen molar-refractivity contribution in [2.45, 2.75) is 18.2 Å². The van der Waals surface area contributed by atoms with Crippen molar-refractivity contribution in [3.8, 4) is 0 Å². The summed E-state index contributed by atoms with van der Waals surface area (Å²) in [6, 6.07) is 10.7. The lowest BCUT2D eigenvalue weighted by molar-refractivity contribution is 0.546. The topological polar surface area (TPSA) is 0 Å². The minimum Gasteiger partial charge on any atom is -0.126 e. The summed E-state index contributed by atoms with van der Waals surface area (Å²) in [6.45, 7) is 0. The fourth-order valence-corrected chi connectivity index (χ4v) is 4.71. The van der Waals surface area contributed by atoms with Gasteiger partial charge in [0.25, 0.3) is 0 Å². The number of rotatable bonds is 2. The summed E-state index contributed by atoms with van der Waals surface area (Å²) < 4.78 is 1.73. The van der Waals surface area contributed by atoms with Crippen LogP contribution in [0.3, 0.4) is 0 Å². The van der Waals surface area contributed by atoms with Crippen molar-refractivity contribution in [1.82, 2.24) is 0 Å². The molecule has 1 aliphatic rings. The monoisotopic (exact) mass is 360 g/mol. The van der Waals surface area contributed by atoms with Crippen LogP contribution < -0.4 is 0 Å². The Hall–Kier alpha value is -0.0200. The third kappa shape index (κ3) is 2.36. The van der Waals surface area contributed by atoms with Crippen LogP contribution in [0.1, 0.15) is 21.4 Å². The maximum absolute atomic E-state index is 6.62. The number of thiophene rings is 1. The van der Waals surface area contributed by atoms with E-state index in [0.717, 1.165) is 26.5 Å². The number of hydrogen-bond donors (Lipinski definition) is 0. The summed E-state index contributed by atoms with van der Waals surface area (Å²) in [4.78, 5) is 1.16. The molecule has 4 heteroatoms. The quantitative estimate of drug-likeness (QED) is 0.587. The first-order valence-corrected chi connectivity index (χ1v) is 8.23. The SMILES string of the molecule is Clc1sc(C(Cl)C2Cc3ccccc3C2)cc1Br. The van der Waals surface area contributed by atoms with Gasteiger partial charge in [-0.1, -0.05) is 35.9 Å². The molecule has 1 atom stereocenters. The number of fused-ring (bicyclic) bond motifs is 1. The lowest BCUT2D eigenvalue weighted by Gasteiger charge is -2.14. The zero-order chi connectivity index (χ0) is 12.7. The van der Waals surface area contributed by atoms with Crippen molar-refractivity contribution in [2.75, 3.05) is 0 Å². The zero-order valence-electron chi connectivity index (χ0n) is 9.50. The molecule has 0 spiro atoms. The van der Waals surface area contributed by atoms with Gasteiger partial charge >= 0.3 is 0 Å². The standard InChI is InChI=1S/C14H11BrCl2S/c15-11-7-12(18-14(11)17)13(16)10-5-8-3-1-2-4-9(8)6-10/h1-4,7,10,13H,5-6H2. The molecule has 0 saturated carbocycles. The Morgan fingerprint density at radius 2 is 1.83 bits per heavy atom. The molecular formula is C14H11BrCl2S. The van der Waals surface area contributed by atoms with Gasteiger partial charge in [0.1, 0.15) is 4.34 Å². The summed E-state index contributed by atoms with van der Waals surface area (Å²) in [6.07, 6.45) is 2.13. The predicted molar refractivity (Wildman–Crippen MR) is 83.0 cm³/mol. The van der Waals surface area contributed by atoms with Crippen molar-refractivity contribution in [3.63, 3.8) is 0 Å². The minimum absolute atomic E-state index is 0.0474. The molecule has 0 N–H and O–H groups in total. The van der Waals surface area contributed by atoms with E-state index in [2.05, 4.69) is 40.2 Å². The Bertz CT molecular complexity index is 534. The molecule has 1 aliphatic carbocycles. The minimum atomic E-state index is 0.0474. The van der Waals surface area contributed by atoms with Crippen molar-refractivity contribution < 1.29 is 0 Å². The van der Waals surface area contributed by atoms with Gasteiger partial charge in [-0.3, -0.25) is 0 Å². The summed E-state index contributed by atoms with van der Waals surface area (Å²) in [5, 5.41) is 0.0474. The van der Waals surface area contributed by atoms with Crippen LogP contribution in [0.5, 0.6) is 0 Å². The Labute approximate surface area is 129 Å². The molecule has 0 amide bonds. The molecule has 3 rings (SSSR count). The molecule has 0 bridgehead atoms. The van der Waals surface area contributed by atoms with Crippen LogP contribution in [-0.2, 0) is 12.8 Å². The fourth-order valence-electron chi connectivity index (χ4n) is 2.53. The van der Waals surface area contributed by atoms with Crippen LogP contribution in [0.2, 0.25) is 4.34 Å². The average molecular weight is 362 g/mol. The molecule has 0 aliphatic heterocycles. The summed E-state index contributed by atoms with van der Waals surface area (Å²) >= 11 is 17.7. The van der Waals surface area contributed by atoms with Gasteiger partial charge < -0.3 is 0 Å². The summed E-state index contributed by atoms with van der Waals surface area (Å²) in [5.74, 6) is 0.477. The van der Waals surface area contributed by atoms with Crippen molar-refractivity contribution in [3.05, 3.63) is 55.1 Å². The zero-order valence-corrected chi connectivity index (χ0v) is 13.4. The van der Waals surface area contributed by atoms with Gasteiger partial charge in [-0.15, -0.1) is 22.9 Å². The molecule has 0 nitrogen and oxygen atoms in total. The van der Waals surface area contributed by atoms with Crippen molar-refractivity contribution in [2.24, 2.45) is 5.92 Å². The highest BCUT2D eigenvalue weighted by Crippen LogP contribution is 2.44. The second-order valence-electron chi connectivity index (χ2n) is 4.61. The molecule has 1 aromatic heterocycles. The maximum atomic E-state index is 6.62.